The highest BCUT2D eigenvalue weighted by Gasteiger charge is 2.22. The summed E-state index contributed by atoms with van der Waals surface area (Å²) in [5.74, 6) is 0.0471. The lowest BCUT2D eigenvalue weighted by molar-refractivity contribution is -0.131. The molecule has 3 N–H and O–H groups in total. The van der Waals surface area contributed by atoms with Crippen LogP contribution in [0.3, 0.4) is 0 Å². The monoisotopic (exact) mass is 275 g/mol. The second kappa shape index (κ2) is 6.16. The van der Waals surface area contributed by atoms with Gasteiger partial charge in [0.05, 0.1) is 12.1 Å². The molecule has 1 heterocycles. The largest absolute Gasteiger partial charge is 0.506 e. The summed E-state index contributed by atoms with van der Waals surface area (Å²) >= 11 is 0. The van der Waals surface area contributed by atoms with Crippen molar-refractivity contribution < 1.29 is 9.90 Å². The van der Waals surface area contributed by atoms with E-state index in [2.05, 4.69) is 10.0 Å². The standard InChI is InChI=1S/C13H17N5O2/c14-11-7-9(1-2-12(11)19)8-13(20)18-5-3-10(4-6-18)16-17-15/h1-2,7,10,19H,3-6,8,14H2. The molecular weight excluding hydrogens is 258 g/mol. The molecule has 7 nitrogen and oxygen atoms in total. The van der Waals surface area contributed by atoms with E-state index in [1.165, 1.54) is 6.07 Å². The van der Waals surface area contributed by atoms with Crippen LogP contribution in [-0.2, 0) is 11.2 Å². The average molecular weight is 275 g/mol. The average Bonchev–Trinajstić information content (AvgIpc) is 2.44. The van der Waals surface area contributed by atoms with E-state index in [4.69, 9.17) is 11.3 Å². The number of amides is 1. The molecule has 106 valence electrons. The molecule has 7 heteroatoms. The first-order chi connectivity index (χ1) is 9.60. The van der Waals surface area contributed by atoms with Gasteiger partial charge < -0.3 is 15.7 Å². The lowest BCUT2D eigenvalue weighted by atomic mass is 10.0. The lowest BCUT2D eigenvalue weighted by Crippen LogP contribution is -2.40. The first-order valence-electron chi connectivity index (χ1n) is 6.49. The van der Waals surface area contributed by atoms with Crippen LogP contribution in [-0.4, -0.2) is 35.0 Å². The zero-order valence-electron chi connectivity index (χ0n) is 11.1. The van der Waals surface area contributed by atoms with Gasteiger partial charge in [-0.05, 0) is 36.1 Å². The Morgan fingerprint density at radius 2 is 2.20 bits per heavy atom. The van der Waals surface area contributed by atoms with E-state index in [0.717, 1.165) is 5.56 Å². The minimum Gasteiger partial charge on any atom is -0.506 e. The van der Waals surface area contributed by atoms with Crippen molar-refractivity contribution in [1.82, 2.24) is 4.90 Å². The van der Waals surface area contributed by atoms with Crippen molar-refractivity contribution in [2.75, 3.05) is 18.8 Å². The molecule has 0 radical (unpaired) electrons. The fraction of sp³-hybridized carbons (Fsp3) is 0.462. The molecule has 1 amide bonds. The van der Waals surface area contributed by atoms with E-state index < -0.39 is 0 Å². The number of phenols is 1. The Balaban J connectivity index is 1.92. The molecular formula is C13H17N5O2. The van der Waals surface area contributed by atoms with Gasteiger partial charge in [0.2, 0.25) is 5.91 Å². The number of hydrogen-bond acceptors (Lipinski definition) is 4. The molecule has 1 aromatic carbocycles. The Hall–Kier alpha value is -2.40. The third-order valence-electron chi connectivity index (χ3n) is 3.48. The minimum absolute atomic E-state index is 0.00614. The molecule has 20 heavy (non-hydrogen) atoms. The number of nitrogens with zero attached hydrogens (tertiary/aromatic N) is 4. The molecule has 1 aromatic rings. The van der Waals surface area contributed by atoms with Gasteiger partial charge in [0, 0.05) is 24.0 Å². The van der Waals surface area contributed by atoms with E-state index in [9.17, 15) is 9.90 Å². The van der Waals surface area contributed by atoms with E-state index in [-0.39, 0.29) is 29.8 Å². The molecule has 1 aliphatic heterocycles. The number of nitrogen functional groups attached to an aromatic ring is 1. The molecule has 0 aliphatic carbocycles. The Kier molecular flexibility index (Phi) is 4.32. The molecule has 1 fully saturated rings. The van der Waals surface area contributed by atoms with Gasteiger partial charge in [-0.1, -0.05) is 11.2 Å². The number of azide groups is 1. The number of carbonyl (C=O) groups excluding carboxylic acids is 1. The molecule has 0 aromatic heterocycles. The Labute approximate surface area is 116 Å². The number of aromatic hydroxyl groups is 1. The van der Waals surface area contributed by atoms with Gasteiger partial charge >= 0.3 is 0 Å². The van der Waals surface area contributed by atoms with Crippen molar-refractivity contribution in [1.29, 1.82) is 0 Å². The predicted octanol–water partition coefficient (Wildman–Crippen LogP) is 1.82. The summed E-state index contributed by atoms with van der Waals surface area (Å²) in [5.41, 5.74) is 15.0. The maximum atomic E-state index is 12.1. The van der Waals surface area contributed by atoms with Gasteiger partial charge in [0.15, 0.2) is 0 Å². The van der Waals surface area contributed by atoms with E-state index in [1.807, 2.05) is 0 Å². The molecule has 1 aliphatic rings. The number of likely N-dealkylation sites (tertiary alicyclic amines) is 1. The maximum Gasteiger partial charge on any atom is 0.226 e. The van der Waals surface area contributed by atoms with Crippen LogP contribution in [0, 0.1) is 0 Å². The number of benzene rings is 1. The summed E-state index contributed by atoms with van der Waals surface area (Å²) in [6, 6.07) is 4.79. The number of piperidine rings is 1. The third-order valence-corrected chi connectivity index (χ3v) is 3.48. The number of rotatable bonds is 3. The van der Waals surface area contributed by atoms with Gasteiger partial charge in [-0.2, -0.15) is 0 Å². The quantitative estimate of drug-likeness (QED) is 0.288. The molecule has 0 bridgehead atoms. The fourth-order valence-electron chi connectivity index (χ4n) is 2.30. The van der Waals surface area contributed by atoms with Crippen LogP contribution >= 0.6 is 0 Å². The summed E-state index contributed by atoms with van der Waals surface area (Å²) in [6.07, 6.45) is 1.66. The normalized spacial score (nSPS) is 15.7. The Morgan fingerprint density at radius 3 is 2.80 bits per heavy atom. The fourth-order valence-corrected chi connectivity index (χ4v) is 2.30. The van der Waals surface area contributed by atoms with Crippen molar-refractivity contribution >= 4 is 11.6 Å². The lowest BCUT2D eigenvalue weighted by Gasteiger charge is -2.30. The van der Waals surface area contributed by atoms with Crippen molar-refractivity contribution in [3.05, 3.63) is 34.2 Å². The molecule has 0 unspecified atom stereocenters. The third kappa shape index (κ3) is 3.33. The first-order valence-corrected chi connectivity index (χ1v) is 6.49. The van der Waals surface area contributed by atoms with Gasteiger partial charge in [0.25, 0.3) is 0 Å². The summed E-state index contributed by atoms with van der Waals surface area (Å²) in [4.78, 5) is 16.7. The highest BCUT2D eigenvalue weighted by atomic mass is 16.3. The topological polar surface area (TPSA) is 115 Å². The van der Waals surface area contributed by atoms with Gasteiger partial charge in [-0.25, -0.2) is 0 Å². The maximum absolute atomic E-state index is 12.1. The highest BCUT2D eigenvalue weighted by Crippen LogP contribution is 2.21. The molecule has 2 rings (SSSR count). The van der Waals surface area contributed by atoms with Crippen LogP contribution in [0.1, 0.15) is 18.4 Å². The SMILES string of the molecule is [N-]=[N+]=NC1CCN(C(=O)Cc2ccc(O)c(N)c2)CC1. The first kappa shape index (κ1) is 14.0. The van der Waals surface area contributed by atoms with Gasteiger partial charge in [-0.3, -0.25) is 4.79 Å². The minimum atomic E-state index is -0.00614. The predicted molar refractivity (Wildman–Crippen MR) is 75.0 cm³/mol. The zero-order chi connectivity index (χ0) is 14.5. The van der Waals surface area contributed by atoms with Crippen molar-refractivity contribution in [2.45, 2.75) is 25.3 Å². The van der Waals surface area contributed by atoms with Gasteiger partial charge in [0.1, 0.15) is 5.75 Å². The highest BCUT2D eigenvalue weighted by molar-refractivity contribution is 5.79. The van der Waals surface area contributed by atoms with E-state index in [1.54, 1.807) is 17.0 Å². The second-order valence-corrected chi connectivity index (χ2v) is 4.89. The summed E-state index contributed by atoms with van der Waals surface area (Å²) in [7, 11) is 0. The Bertz CT molecular complexity index is 546. The van der Waals surface area contributed by atoms with Crippen molar-refractivity contribution in [3.63, 3.8) is 0 Å². The van der Waals surface area contributed by atoms with Crippen molar-refractivity contribution in [2.24, 2.45) is 5.11 Å². The van der Waals surface area contributed by atoms with Gasteiger partial charge in [-0.15, -0.1) is 0 Å². The van der Waals surface area contributed by atoms with Crippen molar-refractivity contribution in [3.8, 4) is 5.75 Å². The molecule has 0 spiro atoms. The number of nitrogens with two attached hydrogens (primary N) is 1. The van der Waals surface area contributed by atoms with E-state index >= 15 is 0 Å². The number of anilines is 1. The molecule has 0 saturated carbocycles. The smallest absolute Gasteiger partial charge is 0.226 e. The number of carbonyl (C=O) groups is 1. The zero-order valence-corrected chi connectivity index (χ0v) is 11.1. The van der Waals surface area contributed by atoms with Crippen LogP contribution < -0.4 is 5.73 Å². The van der Waals surface area contributed by atoms with Crippen LogP contribution in [0.5, 0.6) is 5.75 Å². The molecule has 1 saturated heterocycles. The summed E-state index contributed by atoms with van der Waals surface area (Å²) in [6.45, 7) is 1.21. The Morgan fingerprint density at radius 1 is 1.50 bits per heavy atom. The number of hydrogen-bond donors (Lipinski definition) is 2. The van der Waals surface area contributed by atoms with Crippen LogP contribution in [0.4, 0.5) is 5.69 Å². The second-order valence-electron chi connectivity index (χ2n) is 4.89. The summed E-state index contributed by atoms with van der Waals surface area (Å²) in [5, 5.41) is 13.0. The van der Waals surface area contributed by atoms with Crippen LogP contribution in [0.2, 0.25) is 0 Å². The summed E-state index contributed by atoms with van der Waals surface area (Å²) < 4.78 is 0. The van der Waals surface area contributed by atoms with Crippen LogP contribution in [0.15, 0.2) is 23.3 Å². The van der Waals surface area contributed by atoms with Crippen LogP contribution in [0.25, 0.3) is 10.4 Å². The van der Waals surface area contributed by atoms with E-state index in [0.29, 0.717) is 25.9 Å². The molecule has 0 atom stereocenters. The number of phenolic OH excluding ortho intramolecular Hbond substituents is 1.